The maximum absolute atomic E-state index is 11.4. The zero-order chi connectivity index (χ0) is 14.4. The maximum atomic E-state index is 11.4. The van der Waals surface area contributed by atoms with Gasteiger partial charge in [-0.05, 0) is 18.2 Å². The average molecular weight is 282 g/mol. The summed E-state index contributed by atoms with van der Waals surface area (Å²) in [4.78, 5) is 33.2. The van der Waals surface area contributed by atoms with E-state index in [9.17, 15) is 14.4 Å². The summed E-state index contributed by atoms with van der Waals surface area (Å²) in [7, 11) is 0. The van der Waals surface area contributed by atoms with E-state index in [1.165, 1.54) is 18.2 Å². The molecule has 0 aliphatic carbocycles. The van der Waals surface area contributed by atoms with Gasteiger partial charge in [0.05, 0.1) is 16.7 Å². The second kappa shape index (κ2) is 6.37. The van der Waals surface area contributed by atoms with Crippen LogP contribution in [0, 0.1) is 11.3 Å². The monoisotopic (exact) mass is 281 g/mol. The van der Waals surface area contributed by atoms with Gasteiger partial charge >= 0.3 is 17.8 Å². The highest BCUT2D eigenvalue weighted by Crippen LogP contribution is 2.20. The Morgan fingerprint density at radius 1 is 1.32 bits per heavy atom. The number of nitriles is 1. The third-order valence-electron chi connectivity index (χ3n) is 1.99. The van der Waals surface area contributed by atoms with Crippen LogP contribution in [-0.4, -0.2) is 29.4 Å². The molecular formula is C11H8ClN3O4. The van der Waals surface area contributed by atoms with E-state index in [0.29, 0.717) is 0 Å². The van der Waals surface area contributed by atoms with Crippen LogP contribution in [0.1, 0.15) is 10.4 Å². The quantitative estimate of drug-likeness (QED) is 0.554. The Kier molecular flexibility index (Phi) is 4.85. The zero-order valence-electron chi connectivity index (χ0n) is 9.44. The number of nitrogens with one attached hydrogen (secondary N) is 2. The molecule has 19 heavy (non-hydrogen) atoms. The van der Waals surface area contributed by atoms with Crippen LogP contribution in [0.5, 0.6) is 0 Å². The molecular weight excluding hydrogens is 274 g/mol. The number of hydrogen-bond acceptors (Lipinski definition) is 4. The summed E-state index contributed by atoms with van der Waals surface area (Å²) >= 11 is 5.70. The number of carbonyl (C=O) groups excluding carboxylic acids is 2. The van der Waals surface area contributed by atoms with Crippen LogP contribution >= 0.6 is 11.6 Å². The molecule has 0 unspecified atom stereocenters. The molecule has 0 bridgehead atoms. The first-order valence-corrected chi connectivity index (χ1v) is 5.32. The van der Waals surface area contributed by atoms with Crippen molar-refractivity contribution in [3.8, 4) is 6.07 Å². The average Bonchev–Trinajstić information content (AvgIpc) is 2.35. The third-order valence-corrected chi connectivity index (χ3v) is 2.30. The molecule has 1 aromatic rings. The molecule has 0 radical (unpaired) electrons. The lowest BCUT2D eigenvalue weighted by Crippen LogP contribution is -2.35. The number of carbonyl (C=O) groups is 3. The Morgan fingerprint density at radius 3 is 2.53 bits per heavy atom. The molecule has 98 valence electrons. The van der Waals surface area contributed by atoms with E-state index in [4.69, 9.17) is 22.0 Å². The van der Waals surface area contributed by atoms with Crippen LogP contribution in [0.4, 0.5) is 5.69 Å². The van der Waals surface area contributed by atoms with Crippen molar-refractivity contribution in [1.29, 1.82) is 5.26 Å². The van der Waals surface area contributed by atoms with E-state index in [-0.39, 0.29) is 22.8 Å². The SMILES string of the molecule is N#CCNC(=O)C(=O)Nc1ccc(C(=O)O)c(Cl)c1. The highest BCUT2D eigenvalue weighted by molar-refractivity contribution is 6.40. The van der Waals surface area contributed by atoms with E-state index < -0.39 is 17.8 Å². The van der Waals surface area contributed by atoms with Gasteiger partial charge in [0.25, 0.3) is 0 Å². The van der Waals surface area contributed by atoms with Gasteiger partial charge in [-0.25, -0.2) is 4.79 Å². The molecule has 0 aliphatic rings. The largest absolute Gasteiger partial charge is 0.478 e. The Balaban J connectivity index is 2.76. The predicted octanol–water partition coefficient (Wildman–Crippen LogP) is 0.616. The van der Waals surface area contributed by atoms with Crippen LogP contribution in [0.15, 0.2) is 18.2 Å². The molecule has 0 saturated heterocycles. The summed E-state index contributed by atoms with van der Waals surface area (Å²) < 4.78 is 0. The molecule has 2 amide bonds. The van der Waals surface area contributed by atoms with Crippen LogP contribution in [0.25, 0.3) is 0 Å². The zero-order valence-corrected chi connectivity index (χ0v) is 10.2. The first-order chi connectivity index (χ1) is 8.95. The summed E-state index contributed by atoms with van der Waals surface area (Å²) in [5.41, 5.74) is 0.0562. The van der Waals surface area contributed by atoms with E-state index in [1.807, 2.05) is 0 Å². The molecule has 3 N–H and O–H groups in total. The molecule has 0 heterocycles. The van der Waals surface area contributed by atoms with Gasteiger partial charge in [-0.1, -0.05) is 11.6 Å². The maximum Gasteiger partial charge on any atom is 0.337 e. The standard InChI is InChI=1S/C11H8ClN3O4/c12-8-5-6(1-2-7(8)11(18)19)15-10(17)9(16)14-4-3-13/h1-2,5H,4H2,(H,14,16)(H,15,17)(H,18,19). The topological polar surface area (TPSA) is 119 Å². The molecule has 1 rings (SSSR count). The van der Waals surface area contributed by atoms with Gasteiger partial charge in [-0.2, -0.15) is 5.26 Å². The minimum absolute atomic E-state index is 0.0669. The van der Waals surface area contributed by atoms with Crippen molar-refractivity contribution in [3.63, 3.8) is 0 Å². The van der Waals surface area contributed by atoms with E-state index >= 15 is 0 Å². The van der Waals surface area contributed by atoms with Gasteiger partial charge in [0.1, 0.15) is 6.54 Å². The molecule has 8 heteroatoms. The fourth-order valence-electron chi connectivity index (χ4n) is 1.15. The van der Waals surface area contributed by atoms with Crippen LogP contribution in [0.2, 0.25) is 5.02 Å². The molecule has 1 aromatic carbocycles. The molecule has 0 aromatic heterocycles. The Labute approximate surface area is 112 Å². The van der Waals surface area contributed by atoms with Gasteiger partial charge in [0, 0.05) is 5.69 Å². The van der Waals surface area contributed by atoms with Crippen molar-refractivity contribution in [2.75, 3.05) is 11.9 Å². The van der Waals surface area contributed by atoms with Crippen molar-refractivity contribution >= 4 is 35.1 Å². The molecule has 0 aliphatic heterocycles. The van der Waals surface area contributed by atoms with Crippen molar-refractivity contribution < 1.29 is 19.5 Å². The number of amides is 2. The first-order valence-electron chi connectivity index (χ1n) is 4.94. The minimum Gasteiger partial charge on any atom is -0.478 e. The van der Waals surface area contributed by atoms with Crippen LogP contribution in [-0.2, 0) is 9.59 Å². The van der Waals surface area contributed by atoms with E-state index in [1.54, 1.807) is 6.07 Å². The number of benzene rings is 1. The lowest BCUT2D eigenvalue weighted by molar-refractivity contribution is -0.136. The van der Waals surface area contributed by atoms with Gasteiger partial charge in [0.2, 0.25) is 0 Å². The lowest BCUT2D eigenvalue weighted by Gasteiger charge is -2.06. The number of nitrogens with zero attached hydrogens (tertiary/aromatic N) is 1. The predicted molar refractivity (Wildman–Crippen MR) is 65.7 cm³/mol. The Morgan fingerprint density at radius 2 is 2.00 bits per heavy atom. The molecule has 0 saturated carbocycles. The van der Waals surface area contributed by atoms with E-state index in [0.717, 1.165) is 0 Å². The van der Waals surface area contributed by atoms with Gasteiger partial charge in [-0.3, -0.25) is 9.59 Å². The fourth-order valence-corrected chi connectivity index (χ4v) is 1.42. The normalized spacial score (nSPS) is 9.26. The second-order valence-electron chi connectivity index (χ2n) is 3.29. The summed E-state index contributed by atoms with van der Waals surface area (Å²) in [5, 5.41) is 21.2. The number of anilines is 1. The van der Waals surface area contributed by atoms with Crippen molar-refractivity contribution in [2.24, 2.45) is 0 Å². The Hall–Kier alpha value is -2.59. The van der Waals surface area contributed by atoms with Crippen molar-refractivity contribution in [1.82, 2.24) is 5.32 Å². The molecule has 0 atom stereocenters. The molecule has 7 nitrogen and oxygen atoms in total. The number of carboxylic acid groups (broad SMARTS) is 1. The van der Waals surface area contributed by atoms with Gasteiger partial charge in [-0.15, -0.1) is 0 Å². The Bertz CT molecular complexity index is 580. The van der Waals surface area contributed by atoms with Crippen molar-refractivity contribution in [3.05, 3.63) is 28.8 Å². The number of carboxylic acids is 1. The highest BCUT2D eigenvalue weighted by atomic mass is 35.5. The third kappa shape index (κ3) is 3.97. The summed E-state index contributed by atoms with van der Waals surface area (Å²) in [6, 6.07) is 5.36. The highest BCUT2D eigenvalue weighted by Gasteiger charge is 2.14. The fraction of sp³-hybridized carbons (Fsp3) is 0.0909. The van der Waals surface area contributed by atoms with Crippen LogP contribution in [0.3, 0.4) is 0 Å². The number of rotatable bonds is 3. The summed E-state index contributed by atoms with van der Waals surface area (Å²) in [5.74, 6) is -3.15. The van der Waals surface area contributed by atoms with E-state index in [2.05, 4.69) is 10.6 Å². The number of aromatic carboxylic acids is 1. The molecule has 0 fully saturated rings. The smallest absolute Gasteiger partial charge is 0.337 e. The summed E-state index contributed by atoms with van der Waals surface area (Å²) in [6.07, 6.45) is 0. The van der Waals surface area contributed by atoms with Gasteiger partial charge in [0.15, 0.2) is 0 Å². The van der Waals surface area contributed by atoms with Crippen molar-refractivity contribution in [2.45, 2.75) is 0 Å². The lowest BCUT2D eigenvalue weighted by atomic mass is 10.2. The number of hydrogen-bond donors (Lipinski definition) is 3. The molecule has 0 spiro atoms. The number of halogens is 1. The van der Waals surface area contributed by atoms with Gasteiger partial charge < -0.3 is 15.7 Å². The first kappa shape index (κ1) is 14.5. The minimum atomic E-state index is -1.20. The second-order valence-corrected chi connectivity index (χ2v) is 3.70. The summed E-state index contributed by atoms with van der Waals surface area (Å²) in [6.45, 7) is -0.287. The van der Waals surface area contributed by atoms with Crippen LogP contribution < -0.4 is 10.6 Å².